The first kappa shape index (κ1) is 21.5. The molecule has 1 aliphatic rings. The number of pyridine rings is 1. The van der Waals surface area contributed by atoms with Crippen LogP contribution < -0.4 is 21.5 Å². The number of aromatic nitrogens is 3. The molecule has 1 aliphatic heterocycles. The molecule has 3 heterocycles. The highest BCUT2D eigenvalue weighted by molar-refractivity contribution is 5.90. The van der Waals surface area contributed by atoms with Crippen LogP contribution >= 0.6 is 0 Å². The third-order valence-electron chi connectivity index (χ3n) is 5.50. The Morgan fingerprint density at radius 2 is 1.75 bits per heavy atom. The first-order valence-electron chi connectivity index (χ1n) is 10.5. The van der Waals surface area contributed by atoms with Crippen LogP contribution in [0.25, 0.3) is 0 Å². The largest absolute Gasteiger partial charge is 0.354 e. The lowest BCUT2D eigenvalue weighted by molar-refractivity contribution is -0.116. The molecule has 9 nitrogen and oxygen atoms in total. The second-order valence-electron chi connectivity index (χ2n) is 7.88. The Bertz CT molecular complexity index is 1180. The minimum Gasteiger partial charge on any atom is -0.354 e. The van der Waals surface area contributed by atoms with Gasteiger partial charge < -0.3 is 15.1 Å². The molecule has 0 bridgehead atoms. The molecule has 0 aliphatic carbocycles. The number of nitrogens with zero attached hydrogens (tertiary/aromatic N) is 5. The van der Waals surface area contributed by atoms with Crippen LogP contribution in [0.2, 0.25) is 0 Å². The summed E-state index contributed by atoms with van der Waals surface area (Å²) in [6, 6.07) is 14.4. The molecule has 2 aromatic heterocycles. The van der Waals surface area contributed by atoms with E-state index in [4.69, 9.17) is 0 Å². The number of hydrogen-bond donors (Lipinski definition) is 1. The van der Waals surface area contributed by atoms with Crippen molar-refractivity contribution in [3.8, 4) is 0 Å². The Labute approximate surface area is 185 Å². The Hall–Kier alpha value is -3.72. The van der Waals surface area contributed by atoms with Crippen LogP contribution in [0.1, 0.15) is 5.56 Å². The van der Waals surface area contributed by atoms with Gasteiger partial charge in [-0.15, -0.1) is 0 Å². The van der Waals surface area contributed by atoms with Gasteiger partial charge in [-0.25, -0.2) is 9.78 Å². The zero-order valence-corrected chi connectivity index (χ0v) is 18.0. The number of carbonyl (C=O) groups is 1. The van der Waals surface area contributed by atoms with Crippen LogP contribution in [0.4, 0.5) is 11.5 Å². The van der Waals surface area contributed by atoms with Gasteiger partial charge in [0.1, 0.15) is 12.4 Å². The van der Waals surface area contributed by atoms with Crippen molar-refractivity contribution in [3.63, 3.8) is 0 Å². The molecule has 166 valence electrons. The molecule has 1 saturated heterocycles. The lowest BCUT2D eigenvalue weighted by Crippen LogP contribution is -2.44. The lowest BCUT2D eigenvalue weighted by atomic mass is 10.2. The molecule has 1 amide bonds. The van der Waals surface area contributed by atoms with Gasteiger partial charge in [0.2, 0.25) is 5.91 Å². The van der Waals surface area contributed by atoms with Crippen molar-refractivity contribution in [2.24, 2.45) is 0 Å². The van der Waals surface area contributed by atoms with Gasteiger partial charge in [0.15, 0.2) is 0 Å². The van der Waals surface area contributed by atoms with Crippen LogP contribution in [0.3, 0.4) is 0 Å². The van der Waals surface area contributed by atoms with Crippen molar-refractivity contribution in [3.05, 3.63) is 87.3 Å². The van der Waals surface area contributed by atoms with E-state index in [0.717, 1.165) is 42.1 Å². The summed E-state index contributed by atoms with van der Waals surface area (Å²) in [6.45, 7) is 3.72. The number of nitrogens with one attached hydrogen (secondary N) is 1. The smallest absolute Gasteiger partial charge is 0.331 e. The maximum atomic E-state index is 12.7. The molecule has 3 aromatic rings. The molecule has 1 N–H and O–H groups in total. The average molecular weight is 435 g/mol. The zero-order valence-electron chi connectivity index (χ0n) is 18.0. The Kier molecular flexibility index (Phi) is 6.46. The number of anilines is 2. The van der Waals surface area contributed by atoms with Crippen molar-refractivity contribution in [2.75, 3.05) is 43.4 Å². The normalized spacial score (nSPS) is 14.3. The molecular weight excluding hydrogens is 408 g/mol. The van der Waals surface area contributed by atoms with Crippen molar-refractivity contribution in [1.29, 1.82) is 0 Å². The maximum absolute atomic E-state index is 12.7. The monoisotopic (exact) mass is 434 g/mol. The quantitative estimate of drug-likeness (QED) is 0.618. The maximum Gasteiger partial charge on any atom is 0.331 e. The number of carbonyl (C=O) groups excluding carboxylic acids is 1. The van der Waals surface area contributed by atoms with E-state index >= 15 is 0 Å². The second-order valence-corrected chi connectivity index (χ2v) is 7.88. The SMILES string of the molecule is CN1CCN(c2ccc(NC(=O)Cn3c(=O)ccn(Cc4ccccc4)c3=O)cn2)CC1. The van der Waals surface area contributed by atoms with Gasteiger partial charge in [-0.1, -0.05) is 30.3 Å². The summed E-state index contributed by atoms with van der Waals surface area (Å²) in [5.41, 5.74) is 0.398. The van der Waals surface area contributed by atoms with Crippen LogP contribution in [0, 0.1) is 0 Å². The van der Waals surface area contributed by atoms with E-state index in [1.165, 1.54) is 16.8 Å². The summed E-state index contributed by atoms with van der Waals surface area (Å²) >= 11 is 0. The molecule has 4 rings (SSSR count). The van der Waals surface area contributed by atoms with Gasteiger partial charge in [0.25, 0.3) is 5.56 Å². The Morgan fingerprint density at radius 1 is 1.00 bits per heavy atom. The third kappa shape index (κ3) is 5.12. The second kappa shape index (κ2) is 9.61. The minimum absolute atomic E-state index is 0.319. The summed E-state index contributed by atoms with van der Waals surface area (Å²) in [5.74, 6) is 0.398. The number of benzene rings is 1. The van der Waals surface area contributed by atoms with E-state index in [1.807, 2.05) is 36.4 Å². The van der Waals surface area contributed by atoms with Gasteiger partial charge in [-0.2, -0.15) is 0 Å². The van der Waals surface area contributed by atoms with E-state index in [-0.39, 0.29) is 6.54 Å². The summed E-state index contributed by atoms with van der Waals surface area (Å²) in [4.78, 5) is 46.4. The van der Waals surface area contributed by atoms with Crippen LogP contribution in [0.5, 0.6) is 0 Å². The minimum atomic E-state index is -0.528. The van der Waals surface area contributed by atoms with E-state index in [0.29, 0.717) is 12.2 Å². The van der Waals surface area contributed by atoms with Gasteiger partial charge in [0.05, 0.1) is 18.4 Å². The Balaban J connectivity index is 1.42. The number of amides is 1. The highest BCUT2D eigenvalue weighted by atomic mass is 16.2. The van der Waals surface area contributed by atoms with Crippen LogP contribution in [-0.4, -0.2) is 58.2 Å². The lowest BCUT2D eigenvalue weighted by Gasteiger charge is -2.33. The summed E-state index contributed by atoms with van der Waals surface area (Å²) in [6.07, 6.45) is 3.04. The van der Waals surface area contributed by atoms with E-state index in [1.54, 1.807) is 12.3 Å². The van der Waals surface area contributed by atoms with Gasteiger partial charge in [-0.05, 0) is 24.7 Å². The molecule has 0 atom stereocenters. The van der Waals surface area contributed by atoms with E-state index < -0.39 is 17.2 Å². The highest BCUT2D eigenvalue weighted by Crippen LogP contribution is 2.15. The Morgan fingerprint density at radius 3 is 2.44 bits per heavy atom. The molecular formula is C23H26N6O3. The molecule has 0 spiro atoms. The number of piperazine rings is 1. The van der Waals surface area contributed by atoms with Crippen molar-refractivity contribution < 1.29 is 4.79 Å². The molecule has 1 fully saturated rings. The van der Waals surface area contributed by atoms with E-state index in [9.17, 15) is 14.4 Å². The fraction of sp³-hybridized carbons (Fsp3) is 0.304. The first-order chi connectivity index (χ1) is 15.5. The van der Waals surface area contributed by atoms with Crippen molar-refractivity contribution >= 4 is 17.4 Å². The number of hydrogen-bond acceptors (Lipinski definition) is 6. The molecule has 0 saturated carbocycles. The van der Waals surface area contributed by atoms with Gasteiger partial charge in [-0.3, -0.25) is 18.7 Å². The number of likely N-dealkylation sites (N-methyl/N-ethyl adjacent to an activating group) is 1. The molecule has 32 heavy (non-hydrogen) atoms. The topological polar surface area (TPSA) is 92.5 Å². The average Bonchev–Trinajstić information content (AvgIpc) is 2.80. The fourth-order valence-corrected chi connectivity index (χ4v) is 3.63. The fourth-order valence-electron chi connectivity index (χ4n) is 3.63. The van der Waals surface area contributed by atoms with E-state index in [2.05, 4.69) is 27.1 Å². The third-order valence-corrected chi connectivity index (χ3v) is 5.50. The first-order valence-corrected chi connectivity index (χ1v) is 10.5. The number of rotatable bonds is 6. The summed E-state index contributed by atoms with van der Waals surface area (Å²) in [5, 5.41) is 2.72. The van der Waals surface area contributed by atoms with Gasteiger partial charge in [0, 0.05) is 38.4 Å². The summed E-state index contributed by atoms with van der Waals surface area (Å²) < 4.78 is 2.35. The summed E-state index contributed by atoms with van der Waals surface area (Å²) in [7, 11) is 2.10. The highest BCUT2D eigenvalue weighted by Gasteiger charge is 2.15. The molecule has 0 unspecified atom stereocenters. The zero-order chi connectivity index (χ0) is 22.5. The molecule has 1 aromatic carbocycles. The predicted molar refractivity (Wildman–Crippen MR) is 123 cm³/mol. The van der Waals surface area contributed by atoms with Crippen molar-refractivity contribution in [2.45, 2.75) is 13.1 Å². The van der Waals surface area contributed by atoms with Crippen LogP contribution in [-0.2, 0) is 17.9 Å². The standard InChI is InChI=1S/C23H26N6O3/c1-26-11-13-27(14-12-26)20-8-7-19(15-24-20)25-21(30)17-29-22(31)9-10-28(23(29)32)16-18-5-3-2-4-6-18/h2-10,15H,11-14,16-17H2,1H3,(H,25,30). The molecule has 9 heteroatoms. The van der Waals surface area contributed by atoms with Crippen molar-refractivity contribution in [1.82, 2.24) is 19.0 Å². The molecule has 0 radical (unpaired) electrons. The van der Waals surface area contributed by atoms with Gasteiger partial charge >= 0.3 is 5.69 Å². The predicted octanol–water partition coefficient (Wildman–Crippen LogP) is 0.844. The van der Waals surface area contributed by atoms with Crippen LogP contribution in [0.15, 0.2) is 70.5 Å².